The lowest BCUT2D eigenvalue weighted by molar-refractivity contribution is 0.241. The topological polar surface area (TPSA) is 107 Å². The van der Waals surface area contributed by atoms with Crippen molar-refractivity contribution in [1.82, 2.24) is 15.3 Å². The van der Waals surface area contributed by atoms with Crippen LogP contribution in [0.3, 0.4) is 0 Å². The van der Waals surface area contributed by atoms with E-state index >= 15 is 0 Å². The molecule has 3 aromatic rings. The summed E-state index contributed by atoms with van der Waals surface area (Å²) in [4.78, 5) is 23.0. The van der Waals surface area contributed by atoms with E-state index in [0.717, 1.165) is 5.56 Å². The molecular weight excluding hydrogens is 399 g/mol. The fourth-order valence-corrected chi connectivity index (χ4v) is 3.62. The molecule has 1 atom stereocenters. The van der Waals surface area contributed by atoms with E-state index in [4.69, 9.17) is 9.68 Å². The molecule has 1 unspecified atom stereocenters. The second kappa shape index (κ2) is 8.22. The number of carbonyl (C=O) groups excluding carboxylic acids is 1. The summed E-state index contributed by atoms with van der Waals surface area (Å²) in [5, 5.41) is 15.2. The van der Waals surface area contributed by atoms with Crippen molar-refractivity contribution >= 4 is 28.6 Å². The first kappa shape index (κ1) is 20.6. The second-order valence-electron chi connectivity index (χ2n) is 8.05. The van der Waals surface area contributed by atoms with Gasteiger partial charge in [-0.05, 0) is 31.0 Å². The van der Waals surface area contributed by atoms with E-state index in [1.807, 2.05) is 25.7 Å². The monoisotopic (exact) mass is 422 g/mol. The average molecular weight is 422 g/mol. The summed E-state index contributed by atoms with van der Waals surface area (Å²) in [6, 6.07) is 5.76. The number of carbonyl (C=O) groups is 1. The average Bonchev–Trinajstić information content (AvgIpc) is 3.02. The molecule has 0 saturated carbocycles. The molecule has 0 aliphatic carbocycles. The normalized spacial score (nSPS) is 14.9. The van der Waals surface area contributed by atoms with E-state index in [1.54, 1.807) is 6.07 Å². The van der Waals surface area contributed by atoms with Gasteiger partial charge in [-0.25, -0.2) is 19.2 Å². The van der Waals surface area contributed by atoms with Crippen molar-refractivity contribution in [2.75, 3.05) is 23.3 Å². The molecule has 1 saturated heterocycles. The van der Waals surface area contributed by atoms with Gasteiger partial charge in [-0.15, -0.1) is 0 Å². The molecule has 2 N–H and O–H groups in total. The number of nitrogens with one attached hydrogen (secondary N) is 2. The Kier molecular flexibility index (Phi) is 5.46. The minimum atomic E-state index is -0.422. The largest absolute Gasteiger partial charge is 0.459 e. The Bertz CT molecular complexity index is 1150. The number of anilines is 2. The summed E-state index contributed by atoms with van der Waals surface area (Å²) < 4.78 is 19.6. The lowest BCUT2D eigenvalue weighted by atomic mass is 9.98. The van der Waals surface area contributed by atoms with Crippen molar-refractivity contribution in [3.63, 3.8) is 0 Å². The molecule has 1 aliphatic rings. The molecule has 9 heteroatoms. The number of aryl methyl sites for hydroxylation is 1. The maximum Gasteiger partial charge on any atom is 0.319 e. The van der Waals surface area contributed by atoms with Gasteiger partial charge in [0, 0.05) is 24.0 Å². The van der Waals surface area contributed by atoms with Crippen LogP contribution in [0.15, 0.2) is 35.0 Å². The van der Waals surface area contributed by atoms with E-state index < -0.39 is 12.1 Å². The van der Waals surface area contributed by atoms with Crippen molar-refractivity contribution in [2.45, 2.75) is 26.8 Å². The number of nitriles is 1. The third-order valence-corrected chi connectivity index (χ3v) is 5.41. The minimum Gasteiger partial charge on any atom is -0.459 e. The predicted octanol–water partition coefficient (Wildman–Crippen LogP) is 4.15. The summed E-state index contributed by atoms with van der Waals surface area (Å²) in [5.74, 6) is 0.843. The fourth-order valence-electron chi connectivity index (χ4n) is 3.62. The summed E-state index contributed by atoms with van der Waals surface area (Å²) in [6.45, 7) is 7.02. The lowest BCUT2D eigenvalue weighted by Gasteiger charge is -2.35. The Morgan fingerprint density at radius 2 is 2.03 bits per heavy atom. The summed E-state index contributed by atoms with van der Waals surface area (Å²) in [5.41, 5.74) is 1.83. The molecule has 0 bridgehead atoms. The molecule has 2 amide bonds. The SMILES string of the molecule is Cc1c(C(NC(=O)Nc2cnc(N3CC(C#N)C3)nc2)C(C)C)oc2ccc(F)cc12. The van der Waals surface area contributed by atoms with Gasteiger partial charge in [-0.1, -0.05) is 13.8 Å². The molecule has 0 spiro atoms. The van der Waals surface area contributed by atoms with Gasteiger partial charge in [0.15, 0.2) is 0 Å². The van der Waals surface area contributed by atoms with Crippen molar-refractivity contribution in [2.24, 2.45) is 11.8 Å². The van der Waals surface area contributed by atoms with Crippen molar-refractivity contribution in [1.29, 1.82) is 5.26 Å². The van der Waals surface area contributed by atoms with Crippen LogP contribution in [-0.4, -0.2) is 29.1 Å². The molecule has 1 aromatic carbocycles. The number of furan rings is 1. The van der Waals surface area contributed by atoms with Crippen LogP contribution < -0.4 is 15.5 Å². The maximum absolute atomic E-state index is 13.6. The van der Waals surface area contributed by atoms with Crippen LogP contribution in [0.5, 0.6) is 0 Å². The molecule has 3 heterocycles. The van der Waals surface area contributed by atoms with Gasteiger partial charge in [-0.3, -0.25) is 0 Å². The Balaban J connectivity index is 1.45. The summed E-state index contributed by atoms with van der Waals surface area (Å²) in [7, 11) is 0. The van der Waals surface area contributed by atoms with Gasteiger partial charge in [0.1, 0.15) is 17.2 Å². The molecule has 1 fully saturated rings. The standard InChI is InChI=1S/C22H23FN6O2/c1-12(2)19(20-13(3)17-6-15(23)4-5-18(17)31-20)28-22(30)27-16-8-25-21(26-9-16)29-10-14(7-24)11-29/h4-6,8-9,12,14,19H,10-11H2,1-3H3,(H2,27,28,30). The summed E-state index contributed by atoms with van der Waals surface area (Å²) >= 11 is 0. The van der Waals surface area contributed by atoms with E-state index in [1.165, 1.54) is 24.5 Å². The highest BCUT2D eigenvalue weighted by Gasteiger charge is 2.28. The van der Waals surface area contributed by atoms with Gasteiger partial charge in [-0.2, -0.15) is 5.26 Å². The van der Waals surface area contributed by atoms with Crippen molar-refractivity contribution in [3.8, 4) is 6.07 Å². The number of hydrogen-bond donors (Lipinski definition) is 2. The summed E-state index contributed by atoms with van der Waals surface area (Å²) in [6.07, 6.45) is 3.06. The van der Waals surface area contributed by atoms with Gasteiger partial charge in [0.2, 0.25) is 5.95 Å². The first-order valence-corrected chi connectivity index (χ1v) is 10.1. The Hall–Kier alpha value is -3.67. The minimum absolute atomic E-state index is 0.0124. The molecule has 4 rings (SSSR count). The molecular formula is C22H23FN6O2. The lowest BCUT2D eigenvalue weighted by Crippen LogP contribution is -2.46. The van der Waals surface area contributed by atoms with E-state index in [9.17, 15) is 9.18 Å². The Morgan fingerprint density at radius 3 is 2.68 bits per heavy atom. The van der Waals surface area contributed by atoms with Crippen LogP contribution >= 0.6 is 0 Å². The first-order valence-electron chi connectivity index (χ1n) is 10.1. The number of halogens is 1. The second-order valence-corrected chi connectivity index (χ2v) is 8.05. The third kappa shape index (κ3) is 4.14. The number of amides is 2. The fraction of sp³-hybridized carbons (Fsp3) is 0.364. The highest BCUT2D eigenvalue weighted by Crippen LogP contribution is 2.33. The van der Waals surface area contributed by atoms with Crippen LogP contribution in [0, 0.1) is 35.9 Å². The van der Waals surface area contributed by atoms with Gasteiger partial charge < -0.3 is 20.0 Å². The van der Waals surface area contributed by atoms with Crippen molar-refractivity contribution < 1.29 is 13.6 Å². The Labute approximate surface area is 179 Å². The maximum atomic E-state index is 13.6. The van der Waals surface area contributed by atoms with Gasteiger partial charge >= 0.3 is 6.03 Å². The van der Waals surface area contributed by atoms with E-state index in [-0.39, 0.29) is 17.7 Å². The van der Waals surface area contributed by atoms with Crippen LogP contribution in [0.4, 0.5) is 20.8 Å². The number of hydrogen-bond acceptors (Lipinski definition) is 6. The number of aromatic nitrogens is 2. The number of urea groups is 1. The van der Waals surface area contributed by atoms with E-state index in [2.05, 4.69) is 26.7 Å². The quantitative estimate of drug-likeness (QED) is 0.640. The number of rotatable bonds is 5. The molecule has 31 heavy (non-hydrogen) atoms. The zero-order valence-corrected chi connectivity index (χ0v) is 17.5. The number of fused-ring (bicyclic) bond motifs is 1. The Morgan fingerprint density at radius 1 is 1.32 bits per heavy atom. The van der Waals surface area contributed by atoms with Crippen LogP contribution in [0.1, 0.15) is 31.2 Å². The van der Waals surface area contributed by atoms with Crippen LogP contribution in [-0.2, 0) is 0 Å². The zero-order valence-electron chi connectivity index (χ0n) is 17.5. The molecule has 2 aromatic heterocycles. The molecule has 160 valence electrons. The highest BCUT2D eigenvalue weighted by atomic mass is 19.1. The molecule has 8 nitrogen and oxygen atoms in total. The molecule has 0 radical (unpaired) electrons. The van der Waals surface area contributed by atoms with Gasteiger partial charge in [0.25, 0.3) is 0 Å². The highest BCUT2D eigenvalue weighted by molar-refractivity contribution is 5.89. The third-order valence-electron chi connectivity index (χ3n) is 5.41. The molecule has 1 aliphatic heterocycles. The predicted molar refractivity (Wildman–Crippen MR) is 114 cm³/mol. The smallest absolute Gasteiger partial charge is 0.319 e. The zero-order chi connectivity index (χ0) is 22.1. The first-order chi connectivity index (χ1) is 14.9. The van der Waals surface area contributed by atoms with Crippen LogP contribution in [0.25, 0.3) is 11.0 Å². The van der Waals surface area contributed by atoms with E-state index in [0.29, 0.717) is 41.5 Å². The number of nitrogens with zero attached hydrogens (tertiary/aromatic N) is 4. The van der Waals surface area contributed by atoms with Crippen LogP contribution in [0.2, 0.25) is 0 Å². The number of benzene rings is 1. The van der Waals surface area contributed by atoms with Gasteiger partial charge in [0.05, 0.1) is 36.1 Å². The van der Waals surface area contributed by atoms with Crippen molar-refractivity contribution in [3.05, 3.63) is 47.7 Å².